The van der Waals surface area contributed by atoms with Crippen LogP contribution in [-0.4, -0.2) is 40.2 Å². The van der Waals surface area contributed by atoms with E-state index in [2.05, 4.69) is 25.2 Å². The van der Waals surface area contributed by atoms with Crippen LogP contribution in [0.25, 0.3) is 5.69 Å². The lowest BCUT2D eigenvalue weighted by molar-refractivity contribution is 0.581. The van der Waals surface area contributed by atoms with E-state index in [0.717, 1.165) is 11.3 Å². The summed E-state index contributed by atoms with van der Waals surface area (Å²) in [6, 6.07) is 7.64. The first-order valence-electron chi connectivity index (χ1n) is 7.01. The van der Waals surface area contributed by atoms with E-state index in [1.165, 1.54) is 12.4 Å². The Kier molecular flexibility index (Phi) is 4.22. The number of rotatable bonds is 6. The molecule has 3 rings (SSSR count). The van der Waals surface area contributed by atoms with Gasteiger partial charge in [0, 0.05) is 13.0 Å². The van der Waals surface area contributed by atoms with Gasteiger partial charge in [0.15, 0.2) is 0 Å². The first kappa shape index (κ1) is 15.4. The van der Waals surface area contributed by atoms with Crippen LogP contribution >= 0.6 is 0 Å². The molecule has 9 heteroatoms. The molecule has 1 aromatic carbocycles. The van der Waals surface area contributed by atoms with Crippen LogP contribution in [0.15, 0.2) is 47.8 Å². The molecule has 0 spiro atoms. The number of aryl methyl sites for hydroxylation is 1. The van der Waals surface area contributed by atoms with Crippen LogP contribution in [0.3, 0.4) is 0 Å². The van der Waals surface area contributed by atoms with Crippen molar-refractivity contribution in [2.24, 2.45) is 0 Å². The molecule has 23 heavy (non-hydrogen) atoms. The molecule has 0 radical (unpaired) electrons. The van der Waals surface area contributed by atoms with Crippen molar-refractivity contribution in [2.75, 3.05) is 6.54 Å². The van der Waals surface area contributed by atoms with Crippen LogP contribution in [0.4, 0.5) is 0 Å². The van der Waals surface area contributed by atoms with Gasteiger partial charge in [-0.25, -0.2) is 17.8 Å². The summed E-state index contributed by atoms with van der Waals surface area (Å²) in [6.07, 6.45) is 4.86. The number of sulfonamides is 1. The first-order chi connectivity index (χ1) is 11.1. The third-order valence-electron chi connectivity index (χ3n) is 3.37. The second-order valence-corrected chi connectivity index (χ2v) is 6.78. The molecule has 0 aliphatic heterocycles. The fourth-order valence-corrected chi connectivity index (χ4v) is 3.10. The molecule has 2 aromatic heterocycles. The maximum Gasteiger partial charge on any atom is 0.243 e. The molecule has 3 aromatic rings. The Balaban J connectivity index is 1.72. The zero-order valence-corrected chi connectivity index (χ0v) is 13.3. The minimum atomic E-state index is -3.61. The van der Waals surface area contributed by atoms with Crippen LogP contribution in [0, 0.1) is 6.92 Å². The topological polar surface area (TPSA) is 106 Å². The molecule has 0 amide bonds. The molecule has 0 saturated carbocycles. The predicted molar refractivity (Wildman–Crippen MR) is 83.6 cm³/mol. The van der Waals surface area contributed by atoms with Crippen LogP contribution in [0.2, 0.25) is 0 Å². The largest absolute Gasteiger partial charge is 0.243 e. The number of aromatic nitrogens is 5. The van der Waals surface area contributed by atoms with E-state index < -0.39 is 10.0 Å². The Hall–Kier alpha value is -2.52. The number of nitrogens with one attached hydrogen (secondary N) is 2. The number of aromatic amines is 1. The van der Waals surface area contributed by atoms with Crippen molar-refractivity contribution < 1.29 is 8.42 Å². The number of H-pyrrole nitrogens is 1. The summed E-state index contributed by atoms with van der Waals surface area (Å²) in [5, 5.41) is 14.2. The van der Waals surface area contributed by atoms with E-state index in [1.54, 1.807) is 10.9 Å². The van der Waals surface area contributed by atoms with Gasteiger partial charge in [0.1, 0.15) is 4.90 Å². The Morgan fingerprint density at radius 3 is 2.83 bits per heavy atom. The van der Waals surface area contributed by atoms with Gasteiger partial charge in [-0.15, -0.1) is 0 Å². The summed E-state index contributed by atoms with van der Waals surface area (Å²) in [6.45, 7) is 2.19. The monoisotopic (exact) mass is 332 g/mol. The fraction of sp³-hybridized carbons (Fsp3) is 0.214. The number of benzene rings is 1. The number of hydrogen-bond donors (Lipinski definition) is 2. The van der Waals surface area contributed by atoms with Gasteiger partial charge in [0.2, 0.25) is 10.0 Å². The van der Waals surface area contributed by atoms with E-state index in [9.17, 15) is 8.42 Å². The molecule has 0 bridgehead atoms. The highest BCUT2D eigenvalue weighted by Crippen LogP contribution is 2.15. The highest BCUT2D eigenvalue weighted by molar-refractivity contribution is 7.89. The summed E-state index contributed by atoms with van der Waals surface area (Å²) in [4.78, 5) is 0.126. The van der Waals surface area contributed by atoms with Crippen LogP contribution in [0.5, 0.6) is 0 Å². The molecule has 2 N–H and O–H groups in total. The van der Waals surface area contributed by atoms with Crippen LogP contribution in [-0.2, 0) is 16.4 Å². The molecule has 0 unspecified atom stereocenters. The van der Waals surface area contributed by atoms with Crippen LogP contribution in [0.1, 0.15) is 11.3 Å². The van der Waals surface area contributed by atoms with Gasteiger partial charge in [0.25, 0.3) is 0 Å². The SMILES string of the molecule is Cc1ccccc1-n1cc(S(=O)(=O)NCCc2cn[nH]n2)cn1. The summed E-state index contributed by atoms with van der Waals surface area (Å²) >= 11 is 0. The quantitative estimate of drug-likeness (QED) is 0.695. The van der Waals surface area contributed by atoms with Crippen LogP contribution < -0.4 is 4.72 Å². The van der Waals surface area contributed by atoms with E-state index >= 15 is 0 Å². The number of para-hydroxylation sites is 1. The minimum Gasteiger partial charge on any atom is -0.239 e. The van der Waals surface area contributed by atoms with Crippen molar-refractivity contribution >= 4 is 10.0 Å². The van der Waals surface area contributed by atoms with Crippen molar-refractivity contribution in [3.63, 3.8) is 0 Å². The molecule has 0 saturated heterocycles. The van der Waals surface area contributed by atoms with Crippen molar-refractivity contribution in [3.05, 3.63) is 54.1 Å². The molecule has 0 fully saturated rings. The summed E-state index contributed by atoms with van der Waals surface area (Å²) < 4.78 is 28.7. The molecule has 8 nitrogen and oxygen atoms in total. The summed E-state index contributed by atoms with van der Waals surface area (Å²) in [5.41, 5.74) is 2.55. The highest BCUT2D eigenvalue weighted by Gasteiger charge is 2.17. The zero-order chi connectivity index (χ0) is 16.3. The third kappa shape index (κ3) is 3.46. The highest BCUT2D eigenvalue weighted by atomic mass is 32.2. The smallest absolute Gasteiger partial charge is 0.239 e. The van der Waals surface area contributed by atoms with Gasteiger partial charge < -0.3 is 0 Å². The number of hydrogen-bond acceptors (Lipinski definition) is 5. The average Bonchev–Trinajstić information content (AvgIpc) is 3.19. The van der Waals surface area contributed by atoms with Crippen molar-refractivity contribution in [2.45, 2.75) is 18.2 Å². The Labute approximate surface area is 133 Å². The van der Waals surface area contributed by atoms with E-state index in [1.807, 2.05) is 31.2 Å². The molecule has 0 atom stereocenters. The second kappa shape index (κ2) is 6.31. The predicted octanol–water partition coefficient (Wildman–Crippen LogP) is 0.820. The third-order valence-corrected chi connectivity index (χ3v) is 4.79. The number of nitrogens with zero attached hydrogens (tertiary/aromatic N) is 4. The maximum atomic E-state index is 12.3. The van der Waals surface area contributed by atoms with E-state index in [-0.39, 0.29) is 11.4 Å². The van der Waals surface area contributed by atoms with Gasteiger partial charge >= 0.3 is 0 Å². The lowest BCUT2D eigenvalue weighted by Crippen LogP contribution is -2.25. The van der Waals surface area contributed by atoms with Gasteiger partial charge in [-0.1, -0.05) is 18.2 Å². The Morgan fingerprint density at radius 2 is 2.09 bits per heavy atom. The van der Waals surface area contributed by atoms with Gasteiger partial charge in [0.05, 0.1) is 30.0 Å². The van der Waals surface area contributed by atoms with Crippen molar-refractivity contribution in [1.29, 1.82) is 0 Å². The van der Waals surface area contributed by atoms with Crippen molar-refractivity contribution in [1.82, 2.24) is 29.9 Å². The molecule has 2 heterocycles. The first-order valence-corrected chi connectivity index (χ1v) is 8.49. The zero-order valence-electron chi connectivity index (χ0n) is 12.5. The molecular formula is C14H16N6O2S. The van der Waals surface area contributed by atoms with Gasteiger partial charge in [-0.05, 0) is 18.6 Å². The lowest BCUT2D eigenvalue weighted by atomic mass is 10.2. The van der Waals surface area contributed by atoms with E-state index in [4.69, 9.17) is 0 Å². The normalized spacial score (nSPS) is 11.7. The Morgan fingerprint density at radius 1 is 1.26 bits per heavy atom. The molecular weight excluding hydrogens is 316 g/mol. The van der Waals surface area contributed by atoms with E-state index in [0.29, 0.717) is 12.1 Å². The molecule has 0 aliphatic rings. The maximum absolute atomic E-state index is 12.3. The van der Waals surface area contributed by atoms with Gasteiger partial charge in [-0.3, -0.25) is 0 Å². The minimum absolute atomic E-state index is 0.126. The van der Waals surface area contributed by atoms with Gasteiger partial charge in [-0.2, -0.15) is 20.5 Å². The lowest BCUT2D eigenvalue weighted by Gasteiger charge is -2.05. The second-order valence-electron chi connectivity index (χ2n) is 5.02. The fourth-order valence-electron chi connectivity index (χ4n) is 2.14. The summed E-state index contributed by atoms with van der Waals surface area (Å²) in [7, 11) is -3.61. The summed E-state index contributed by atoms with van der Waals surface area (Å²) in [5.74, 6) is 0. The molecule has 120 valence electrons. The molecule has 0 aliphatic carbocycles. The van der Waals surface area contributed by atoms with Crippen molar-refractivity contribution in [3.8, 4) is 5.69 Å². The standard InChI is InChI=1S/C14H16N6O2S/c1-11-4-2-3-5-14(11)20-10-13(9-16-20)23(21,22)17-7-6-12-8-15-19-18-12/h2-5,8-10,17H,6-7H2,1H3,(H,15,18,19). The Bertz CT molecular complexity index is 886. The average molecular weight is 332 g/mol.